The highest BCUT2D eigenvalue weighted by Gasteiger charge is 2.36. The molecule has 0 spiro atoms. The Morgan fingerprint density at radius 1 is 1.39 bits per heavy atom. The number of nitrogens with one attached hydrogen (secondary N) is 2. The van der Waals surface area contributed by atoms with E-state index >= 15 is 0 Å². The van der Waals surface area contributed by atoms with E-state index in [0.29, 0.717) is 11.5 Å². The number of carbonyl (C=O) groups is 1. The van der Waals surface area contributed by atoms with E-state index in [0.717, 1.165) is 25.8 Å². The van der Waals surface area contributed by atoms with E-state index < -0.39 is 0 Å². The molecular formula is C13H20N4O. The van der Waals surface area contributed by atoms with Gasteiger partial charge in [-0.3, -0.25) is 9.78 Å². The molecule has 1 aliphatic carbocycles. The molecule has 0 aliphatic heterocycles. The van der Waals surface area contributed by atoms with Crippen molar-refractivity contribution in [1.82, 2.24) is 15.3 Å². The predicted octanol–water partition coefficient (Wildman–Crippen LogP) is 1.97. The van der Waals surface area contributed by atoms with E-state index in [1.54, 1.807) is 6.20 Å². The van der Waals surface area contributed by atoms with E-state index in [9.17, 15) is 4.79 Å². The first-order chi connectivity index (χ1) is 8.69. The molecule has 5 heteroatoms. The third-order valence-electron chi connectivity index (χ3n) is 3.59. The van der Waals surface area contributed by atoms with Gasteiger partial charge in [0, 0.05) is 12.1 Å². The minimum atomic E-state index is -0.121. The quantitative estimate of drug-likeness (QED) is 0.836. The molecule has 0 radical (unpaired) electrons. The van der Waals surface area contributed by atoms with Crippen molar-refractivity contribution in [3.63, 3.8) is 0 Å². The fraction of sp³-hybridized carbons (Fsp3) is 0.615. The zero-order chi connectivity index (χ0) is 13.0. The van der Waals surface area contributed by atoms with Gasteiger partial charge >= 0.3 is 0 Å². The first-order valence-electron chi connectivity index (χ1n) is 6.57. The third-order valence-corrected chi connectivity index (χ3v) is 3.59. The molecule has 18 heavy (non-hydrogen) atoms. The Kier molecular flexibility index (Phi) is 3.79. The number of aromatic nitrogens is 2. The molecule has 1 aliphatic rings. The summed E-state index contributed by atoms with van der Waals surface area (Å²) < 4.78 is 0. The normalized spacial score (nSPS) is 16.8. The minimum absolute atomic E-state index is 0.00699. The summed E-state index contributed by atoms with van der Waals surface area (Å²) in [6.45, 7) is 4.85. The van der Waals surface area contributed by atoms with Crippen molar-refractivity contribution in [1.29, 1.82) is 0 Å². The van der Waals surface area contributed by atoms with Gasteiger partial charge in [-0.05, 0) is 32.6 Å². The van der Waals surface area contributed by atoms with Crippen LogP contribution in [0.1, 0.15) is 50.0 Å². The molecule has 2 N–H and O–H groups in total. The van der Waals surface area contributed by atoms with Crippen molar-refractivity contribution in [3.8, 4) is 0 Å². The lowest BCUT2D eigenvalue weighted by molar-refractivity contribution is 0.0815. The average molecular weight is 248 g/mol. The number of hydrogen-bond donors (Lipinski definition) is 2. The molecule has 1 aromatic rings. The van der Waals surface area contributed by atoms with Crippen LogP contribution in [0.5, 0.6) is 0 Å². The fourth-order valence-electron chi connectivity index (χ4n) is 2.22. The van der Waals surface area contributed by atoms with E-state index in [1.165, 1.54) is 12.6 Å². The molecule has 1 amide bonds. The molecule has 0 saturated heterocycles. The molecule has 1 heterocycles. The van der Waals surface area contributed by atoms with Crippen LogP contribution in [-0.2, 0) is 0 Å². The molecule has 2 rings (SSSR count). The van der Waals surface area contributed by atoms with E-state index in [2.05, 4.69) is 27.5 Å². The summed E-state index contributed by atoms with van der Waals surface area (Å²) in [4.78, 5) is 20.4. The first-order valence-corrected chi connectivity index (χ1v) is 6.57. The summed E-state index contributed by atoms with van der Waals surface area (Å²) >= 11 is 0. The molecule has 0 aromatic carbocycles. The molecular weight excluding hydrogens is 228 g/mol. The lowest BCUT2D eigenvalue weighted by atomic mass is 9.75. The largest absolute Gasteiger partial charge is 0.369 e. The number of carbonyl (C=O) groups excluding carboxylic acids is 1. The summed E-state index contributed by atoms with van der Waals surface area (Å²) in [6.07, 6.45) is 7.43. The van der Waals surface area contributed by atoms with Crippen LogP contribution in [0.2, 0.25) is 0 Å². The highest BCUT2D eigenvalue weighted by Crippen LogP contribution is 2.34. The van der Waals surface area contributed by atoms with Crippen molar-refractivity contribution in [2.24, 2.45) is 0 Å². The topological polar surface area (TPSA) is 66.9 Å². The monoisotopic (exact) mass is 248 g/mol. The summed E-state index contributed by atoms with van der Waals surface area (Å²) in [5.74, 6) is 0.521. The Bertz CT molecular complexity index is 423. The van der Waals surface area contributed by atoms with Gasteiger partial charge in [0.1, 0.15) is 11.5 Å². The second kappa shape index (κ2) is 5.33. The van der Waals surface area contributed by atoms with Gasteiger partial charge < -0.3 is 10.6 Å². The van der Waals surface area contributed by atoms with Crippen LogP contribution in [0.4, 0.5) is 5.82 Å². The summed E-state index contributed by atoms with van der Waals surface area (Å²) in [7, 11) is 0. The smallest absolute Gasteiger partial charge is 0.272 e. The molecule has 1 fully saturated rings. The van der Waals surface area contributed by atoms with Gasteiger partial charge in [0.05, 0.1) is 12.4 Å². The van der Waals surface area contributed by atoms with Gasteiger partial charge in [-0.25, -0.2) is 4.98 Å². The van der Waals surface area contributed by atoms with E-state index in [-0.39, 0.29) is 11.4 Å². The zero-order valence-corrected chi connectivity index (χ0v) is 11.0. The Balaban J connectivity index is 2.06. The molecule has 0 unspecified atom stereocenters. The van der Waals surface area contributed by atoms with Crippen LogP contribution < -0.4 is 10.6 Å². The van der Waals surface area contributed by atoms with Crippen molar-refractivity contribution in [2.45, 2.75) is 45.1 Å². The fourth-order valence-corrected chi connectivity index (χ4v) is 2.22. The second-order valence-corrected chi connectivity index (χ2v) is 4.76. The lowest BCUT2D eigenvalue weighted by Gasteiger charge is -2.41. The van der Waals surface area contributed by atoms with Gasteiger partial charge in [-0.1, -0.05) is 6.92 Å². The highest BCUT2D eigenvalue weighted by molar-refractivity contribution is 5.92. The molecule has 0 atom stereocenters. The molecule has 1 saturated carbocycles. The Labute approximate surface area is 107 Å². The van der Waals surface area contributed by atoms with E-state index in [4.69, 9.17) is 0 Å². The summed E-state index contributed by atoms with van der Waals surface area (Å²) in [5.41, 5.74) is 0.376. The Morgan fingerprint density at radius 3 is 2.72 bits per heavy atom. The number of anilines is 1. The SMILES string of the molecule is CCNc1cncc(C(=O)NC2(CC)CCC2)n1. The standard InChI is InChI=1S/C13H20N4O/c1-3-13(6-5-7-13)17-12(18)10-8-14-9-11(16-10)15-4-2/h8-9H,3-7H2,1-2H3,(H,15,16)(H,17,18). The van der Waals surface area contributed by atoms with Crippen molar-refractivity contribution in [2.75, 3.05) is 11.9 Å². The van der Waals surface area contributed by atoms with E-state index in [1.807, 2.05) is 6.92 Å². The van der Waals surface area contributed by atoms with Gasteiger partial charge in [0.25, 0.3) is 5.91 Å². The first kappa shape index (κ1) is 12.8. The van der Waals surface area contributed by atoms with Crippen LogP contribution in [0.25, 0.3) is 0 Å². The van der Waals surface area contributed by atoms with Gasteiger partial charge in [0.2, 0.25) is 0 Å². The summed E-state index contributed by atoms with van der Waals surface area (Å²) in [5, 5.41) is 6.15. The van der Waals surface area contributed by atoms with Crippen molar-refractivity contribution in [3.05, 3.63) is 18.1 Å². The van der Waals surface area contributed by atoms with Gasteiger partial charge in [0.15, 0.2) is 0 Å². The number of amides is 1. The number of rotatable bonds is 5. The van der Waals surface area contributed by atoms with Crippen LogP contribution in [0, 0.1) is 0 Å². The molecule has 1 aromatic heterocycles. The van der Waals surface area contributed by atoms with Crippen LogP contribution >= 0.6 is 0 Å². The maximum atomic E-state index is 12.1. The van der Waals surface area contributed by atoms with Crippen molar-refractivity contribution >= 4 is 11.7 Å². The lowest BCUT2D eigenvalue weighted by Crippen LogP contribution is -2.53. The second-order valence-electron chi connectivity index (χ2n) is 4.76. The Morgan fingerprint density at radius 2 is 2.17 bits per heavy atom. The maximum absolute atomic E-state index is 12.1. The predicted molar refractivity (Wildman–Crippen MR) is 70.5 cm³/mol. The van der Waals surface area contributed by atoms with Gasteiger partial charge in [-0.2, -0.15) is 0 Å². The average Bonchev–Trinajstić information content (AvgIpc) is 2.34. The van der Waals surface area contributed by atoms with Crippen LogP contribution in [0.3, 0.4) is 0 Å². The minimum Gasteiger partial charge on any atom is -0.369 e. The third kappa shape index (κ3) is 2.60. The highest BCUT2D eigenvalue weighted by atomic mass is 16.2. The number of hydrogen-bond acceptors (Lipinski definition) is 4. The number of nitrogens with zero attached hydrogens (tertiary/aromatic N) is 2. The van der Waals surface area contributed by atoms with Crippen molar-refractivity contribution < 1.29 is 4.79 Å². The zero-order valence-electron chi connectivity index (χ0n) is 11.0. The van der Waals surface area contributed by atoms with Crippen LogP contribution in [-0.4, -0.2) is 28.0 Å². The molecule has 0 bridgehead atoms. The van der Waals surface area contributed by atoms with Gasteiger partial charge in [-0.15, -0.1) is 0 Å². The molecule has 98 valence electrons. The van der Waals surface area contributed by atoms with Crippen LogP contribution in [0.15, 0.2) is 12.4 Å². The molecule has 5 nitrogen and oxygen atoms in total. The summed E-state index contributed by atoms with van der Waals surface area (Å²) in [6, 6.07) is 0. The maximum Gasteiger partial charge on any atom is 0.272 e. The Hall–Kier alpha value is -1.65.